The molecule has 1 saturated heterocycles. The average molecular weight is 563 g/mol. The quantitative estimate of drug-likeness (QED) is 0.215. The summed E-state index contributed by atoms with van der Waals surface area (Å²) in [7, 11) is 0. The second kappa shape index (κ2) is 11.0. The molecule has 3 N–H and O–H groups in total. The minimum atomic E-state index is -0.302. The molecule has 2 aromatic carbocycles. The van der Waals surface area contributed by atoms with E-state index >= 15 is 0 Å². The summed E-state index contributed by atoms with van der Waals surface area (Å²) >= 11 is 0. The van der Waals surface area contributed by atoms with Crippen molar-refractivity contribution in [2.24, 2.45) is 5.41 Å². The summed E-state index contributed by atoms with van der Waals surface area (Å²) in [5, 5.41) is 8.16. The Morgan fingerprint density at radius 2 is 1.88 bits per heavy atom. The lowest BCUT2D eigenvalue weighted by Gasteiger charge is -2.23. The summed E-state index contributed by atoms with van der Waals surface area (Å²) in [5.41, 5.74) is 4.09. The van der Waals surface area contributed by atoms with Crippen molar-refractivity contribution in [2.45, 2.75) is 32.2 Å². The van der Waals surface area contributed by atoms with Crippen molar-refractivity contribution in [2.75, 3.05) is 31.6 Å². The van der Waals surface area contributed by atoms with Crippen LogP contribution in [-0.2, 0) is 6.54 Å². The van der Waals surface area contributed by atoms with E-state index in [0.717, 1.165) is 35.4 Å². The number of nitrogens with one attached hydrogen (secondary N) is 3. The molecule has 214 valence electrons. The number of aromatic nitrogens is 4. The van der Waals surface area contributed by atoms with Crippen LogP contribution in [0.4, 0.5) is 5.69 Å². The van der Waals surface area contributed by atoms with Crippen molar-refractivity contribution in [1.29, 1.82) is 0 Å². The number of ether oxygens (including phenoxy) is 1. The minimum Gasteiger partial charge on any atom is -0.493 e. The molecule has 9 nitrogen and oxygen atoms in total. The second-order valence-electron chi connectivity index (χ2n) is 11.7. The second-order valence-corrected chi connectivity index (χ2v) is 11.7. The molecule has 0 atom stereocenters. The average Bonchev–Trinajstić information content (AvgIpc) is 3.37. The number of fused-ring (bicyclic) bond motifs is 1. The van der Waals surface area contributed by atoms with E-state index in [-0.39, 0.29) is 11.5 Å². The van der Waals surface area contributed by atoms with Gasteiger partial charge in [-0.2, -0.15) is 5.10 Å². The highest BCUT2D eigenvalue weighted by Gasteiger charge is 2.45. The van der Waals surface area contributed by atoms with Gasteiger partial charge in [-0.25, -0.2) is 0 Å². The summed E-state index contributed by atoms with van der Waals surface area (Å²) < 4.78 is 7.99. The van der Waals surface area contributed by atoms with Gasteiger partial charge in [0, 0.05) is 35.3 Å². The third-order valence-electron chi connectivity index (χ3n) is 8.39. The Hall–Kier alpha value is -4.63. The summed E-state index contributed by atoms with van der Waals surface area (Å²) in [6, 6.07) is 19.6. The summed E-state index contributed by atoms with van der Waals surface area (Å²) in [6.07, 6.45) is 9.83. The Morgan fingerprint density at radius 3 is 2.69 bits per heavy atom. The first-order valence-electron chi connectivity index (χ1n) is 14.6. The lowest BCUT2D eigenvalue weighted by Crippen LogP contribution is -2.31. The molecule has 1 amide bonds. The molecule has 3 aromatic heterocycles. The van der Waals surface area contributed by atoms with Gasteiger partial charge >= 0.3 is 0 Å². The fraction of sp³-hybridized carbons (Fsp3) is 0.303. The molecule has 5 aromatic rings. The predicted octanol–water partition coefficient (Wildman–Crippen LogP) is 5.28. The van der Waals surface area contributed by atoms with Gasteiger partial charge in [0.1, 0.15) is 5.75 Å². The topological polar surface area (TPSA) is 108 Å². The molecule has 1 aliphatic heterocycles. The van der Waals surface area contributed by atoms with Gasteiger partial charge < -0.3 is 24.9 Å². The molecule has 1 saturated carbocycles. The zero-order valence-corrected chi connectivity index (χ0v) is 23.4. The summed E-state index contributed by atoms with van der Waals surface area (Å²) in [5.74, 6) is 0.535. The standard InChI is InChI=1S/C33H34N6O3/c40-31(25-17-35-39(20-25)19-23-6-2-1-3-7-23)36-26-16-28(32(41)34-18-26)30-15-24-14-27(8-9-29(24)37-30)42-22-33(10-11-33)21-38-12-4-5-13-38/h1-3,6-9,14-18,20,37H,4-5,10-13,19,21-22H2,(H,34,41)(H,36,40). The van der Waals surface area contributed by atoms with E-state index in [0.29, 0.717) is 34.5 Å². The van der Waals surface area contributed by atoms with Crippen molar-refractivity contribution < 1.29 is 9.53 Å². The van der Waals surface area contributed by atoms with Crippen molar-refractivity contribution in [3.05, 3.63) is 101 Å². The maximum Gasteiger partial charge on any atom is 0.258 e. The number of benzene rings is 2. The van der Waals surface area contributed by atoms with E-state index in [4.69, 9.17) is 4.74 Å². The zero-order valence-electron chi connectivity index (χ0n) is 23.4. The smallest absolute Gasteiger partial charge is 0.258 e. The van der Waals surface area contributed by atoms with Crippen LogP contribution in [0.2, 0.25) is 0 Å². The van der Waals surface area contributed by atoms with Crippen LogP contribution in [0.3, 0.4) is 0 Å². The largest absolute Gasteiger partial charge is 0.493 e. The Morgan fingerprint density at radius 1 is 1.05 bits per heavy atom. The third-order valence-corrected chi connectivity index (χ3v) is 8.39. The number of rotatable bonds is 10. The maximum absolute atomic E-state index is 12.9. The lowest BCUT2D eigenvalue weighted by atomic mass is 10.1. The molecular formula is C33H34N6O3. The van der Waals surface area contributed by atoms with E-state index in [9.17, 15) is 9.59 Å². The molecule has 4 heterocycles. The van der Waals surface area contributed by atoms with Gasteiger partial charge in [-0.1, -0.05) is 30.3 Å². The summed E-state index contributed by atoms with van der Waals surface area (Å²) in [4.78, 5) is 34.4. The van der Waals surface area contributed by atoms with Crippen LogP contribution < -0.4 is 15.6 Å². The van der Waals surface area contributed by atoms with E-state index in [1.165, 1.54) is 45.0 Å². The zero-order chi connectivity index (χ0) is 28.5. The first-order chi connectivity index (χ1) is 20.5. The summed E-state index contributed by atoms with van der Waals surface area (Å²) in [6.45, 7) is 4.87. The van der Waals surface area contributed by atoms with Gasteiger partial charge in [0.15, 0.2) is 0 Å². The Balaban J connectivity index is 1.03. The van der Waals surface area contributed by atoms with Crippen molar-refractivity contribution in [3.8, 4) is 17.0 Å². The van der Waals surface area contributed by atoms with E-state index in [1.807, 2.05) is 54.6 Å². The number of H-pyrrole nitrogens is 2. The van der Waals surface area contributed by atoms with Crippen LogP contribution in [0.5, 0.6) is 5.75 Å². The van der Waals surface area contributed by atoms with Gasteiger partial charge in [-0.3, -0.25) is 14.3 Å². The molecule has 9 heteroatoms. The molecule has 0 radical (unpaired) electrons. The normalized spacial score (nSPS) is 16.1. The van der Waals surface area contributed by atoms with Crippen molar-refractivity contribution in [3.63, 3.8) is 0 Å². The first-order valence-corrected chi connectivity index (χ1v) is 14.6. The fourth-order valence-corrected chi connectivity index (χ4v) is 5.82. The van der Waals surface area contributed by atoms with Crippen LogP contribution >= 0.6 is 0 Å². The number of carbonyl (C=O) groups excluding carboxylic acids is 1. The third kappa shape index (κ3) is 5.73. The molecule has 2 aliphatic rings. The van der Waals surface area contributed by atoms with E-state index < -0.39 is 0 Å². The number of nitrogens with zero attached hydrogens (tertiary/aromatic N) is 3. The molecule has 2 fully saturated rings. The maximum atomic E-state index is 12.9. The Kier molecular flexibility index (Phi) is 6.87. The number of pyridine rings is 1. The highest BCUT2D eigenvalue weighted by Crippen LogP contribution is 2.47. The lowest BCUT2D eigenvalue weighted by molar-refractivity contribution is 0.102. The number of hydrogen-bond donors (Lipinski definition) is 3. The van der Waals surface area contributed by atoms with Gasteiger partial charge in [-0.15, -0.1) is 0 Å². The first kappa shape index (κ1) is 26.3. The number of likely N-dealkylation sites (tertiary alicyclic amines) is 1. The predicted molar refractivity (Wildman–Crippen MR) is 163 cm³/mol. The van der Waals surface area contributed by atoms with Crippen molar-refractivity contribution in [1.82, 2.24) is 24.6 Å². The number of aromatic amines is 2. The van der Waals surface area contributed by atoms with Crippen LogP contribution in [0.1, 0.15) is 41.6 Å². The van der Waals surface area contributed by atoms with E-state index in [1.54, 1.807) is 23.1 Å². The van der Waals surface area contributed by atoms with Crippen LogP contribution in [-0.4, -0.2) is 56.8 Å². The van der Waals surface area contributed by atoms with E-state index in [2.05, 4.69) is 25.3 Å². The Labute approximate surface area is 243 Å². The molecule has 0 spiro atoms. The highest BCUT2D eigenvalue weighted by molar-refractivity contribution is 6.04. The van der Waals surface area contributed by atoms with Gasteiger partial charge in [0.05, 0.1) is 41.9 Å². The Bertz CT molecular complexity index is 1780. The molecule has 1 aliphatic carbocycles. The number of anilines is 1. The number of carbonyl (C=O) groups is 1. The number of amides is 1. The molecule has 0 bridgehead atoms. The monoisotopic (exact) mass is 562 g/mol. The van der Waals surface area contributed by atoms with Gasteiger partial charge in [-0.05, 0) is 74.7 Å². The van der Waals surface area contributed by atoms with Crippen molar-refractivity contribution >= 4 is 22.5 Å². The van der Waals surface area contributed by atoms with Gasteiger partial charge in [0.25, 0.3) is 11.5 Å². The molecule has 7 rings (SSSR count). The van der Waals surface area contributed by atoms with Gasteiger partial charge in [0.2, 0.25) is 0 Å². The minimum absolute atomic E-state index is 0.246. The van der Waals surface area contributed by atoms with Crippen LogP contribution in [0.25, 0.3) is 22.2 Å². The molecular weight excluding hydrogens is 528 g/mol. The van der Waals surface area contributed by atoms with Crippen LogP contribution in [0.15, 0.2) is 84.0 Å². The fourth-order valence-electron chi connectivity index (χ4n) is 5.82. The molecule has 42 heavy (non-hydrogen) atoms. The highest BCUT2D eigenvalue weighted by atomic mass is 16.5. The SMILES string of the molecule is O=C(Nc1c[nH]c(=O)c(-c2cc3cc(OCC4(CN5CCCC5)CC4)ccc3[nH]2)c1)c1cnn(Cc2ccccc2)c1. The molecule has 0 unspecified atom stereocenters. The van der Waals surface area contributed by atoms with Crippen LogP contribution in [0, 0.1) is 5.41 Å². The number of hydrogen-bond acceptors (Lipinski definition) is 5.